The first-order valence-corrected chi connectivity index (χ1v) is 7.48. The maximum absolute atomic E-state index is 13.0. The molecule has 0 aliphatic heterocycles. The zero-order valence-electron chi connectivity index (χ0n) is 10.0. The summed E-state index contributed by atoms with van der Waals surface area (Å²) in [6.45, 7) is 0.115. The molecule has 19 heavy (non-hydrogen) atoms. The van der Waals surface area contributed by atoms with Crippen molar-refractivity contribution in [1.29, 1.82) is 0 Å². The van der Waals surface area contributed by atoms with Crippen molar-refractivity contribution in [3.8, 4) is 0 Å². The third kappa shape index (κ3) is 5.07. The maximum Gasteiger partial charge on any atom is 0.328 e. The average Bonchev–Trinajstić information content (AvgIpc) is 2.29. The van der Waals surface area contributed by atoms with E-state index in [1.165, 1.54) is 0 Å². The van der Waals surface area contributed by atoms with Gasteiger partial charge in [0.1, 0.15) is 0 Å². The Hall–Kier alpha value is -1.28. The SMILES string of the molecule is CP(=O)([O-])CO[C@H](CO)Cn1cc(F)c(=O)[nH]c1=O. The lowest BCUT2D eigenvalue weighted by Crippen LogP contribution is -2.36. The highest BCUT2D eigenvalue weighted by Crippen LogP contribution is 2.29. The van der Waals surface area contributed by atoms with Gasteiger partial charge >= 0.3 is 5.69 Å². The Morgan fingerprint density at radius 2 is 2.26 bits per heavy atom. The van der Waals surface area contributed by atoms with E-state index in [4.69, 9.17) is 9.84 Å². The standard InChI is InChI=1S/C9H14FN2O6P/c1-19(16,17)5-18-6(4-13)2-12-3-7(10)8(14)11-9(12)15/h3,6,13H,2,4-5H2,1H3,(H,16,17)(H,11,14,15)/p-1/t6-/m0/s1. The van der Waals surface area contributed by atoms with E-state index in [0.717, 1.165) is 11.2 Å². The van der Waals surface area contributed by atoms with Gasteiger partial charge in [0.2, 0.25) is 5.82 Å². The predicted molar refractivity (Wildman–Crippen MR) is 61.6 cm³/mol. The Morgan fingerprint density at radius 3 is 2.79 bits per heavy atom. The Bertz CT molecular complexity index is 591. The molecule has 1 unspecified atom stereocenters. The summed E-state index contributed by atoms with van der Waals surface area (Å²) >= 11 is 0. The summed E-state index contributed by atoms with van der Waals surface area (Å²) in [4.78, 5) is 34.8. The highest BCUT2D eigenvalue weighted by atomic mass is 31.2. The van der Waals surface area contributed by atoms with Gasteiger partial charge in [-0.2, -0.15) is 4.39 Å². The lowest BCUT2D eigenvalue weighted by atomic mass is 10.3. The van der Waals surface area contributed by atoms with E-state index in [0.29, 0.717) is 6.20 Å². The molecule has 0 amide bonds. The molecule has 0 spiro atoms. The van der Waals surface area contributed by atoms with E-state index < -0.39 is 43.5 Å². The van der Waals surface area contributed by atoms with Crippen molar-refractivity contribution < 1.29 is 23.7 Å². The molecule has 0 fully saturated rings. The zero-order chi connectivity index (χ0) is 14.6. The molecule has 0 aromatic carbocycles. The number of halogens is 1. The van der Waals surface area contributed by atoms with Crippen LogP contribution in [0.2, 0.25) is 0 Å². The molecule has 2 atom stereocenters. The van der Waals surface area contributed by atoms with Gasteiger partial charge in [-0.3, -0.25) is 14.3 Å². The van der Waals surface area contributed by atoms with Crippen LogP contribution in [-0.4, -0.2) is 40.4 Å². The molecule has 1 aromatic rings. The molecule has 8 nitrogen and oxygen atoms in total. The topological polar surface area (TPSA) is 124 Å². The molecule has 0 saturated carbocycles. The van der Waals surface area contributed by atoms with Crippen LogP contribution in [-0.2, 0) is 15.8 Å². The Balaban J connectivity index is 2.82. The first-order valence-electron chi connectivity index (χ1n) is 5.22. The van der Waals surface area contributed by atoms with Crippen LogP contribution in [0, 0.1) is 5.82 Å². The number of aliphatic hydroxyl groups is 1. The first kappa shape index (κ1) is 15.8. The summed E-state index contributed by atoms with van der Waals surface area (Å²) in [5.41, 5.74) is -2.03. The fourth-order valence-electron chi connectivity index (χ4n) is 1.24. The molecule has 108 valence electrons. The fourth-order valence-corrected chi connectivity index (χ4v) is 1.72. The number of nitrogens with one attached hydrogen (secondary N) is 1. The number of aromatic nitrogens is 2. The normalized spacial score (nSPS) is 16.0. The van der Waals surface area contributed by atoms with Gasteiger partial charge in [-0.05, 0) is 6.66 Å². The maximum atomic E-state index is 13.0. The smallest absolute Gasteiger partial charge is 0.328 e. The minimum atomic E-state index is -3.67. The second kappa shape index (κ2) is 6.25. The lowest BCUT2D eigenvalue weighted by molar-refractivity contribution is -0.180. The molecule has 0 saturated heterocycles. The zero-order valence-corrected chi connectivity index (χ0v) is 10.9. The van der Waals surface area contributed by atoms with Gasteiger partial charge < -0.3 is 19.3 Å². The number of aromatic amines is 1. The Kier molecular flexibility index (Phi) is 5.19. The van der Waals surface area contributed by atoms with Crippen LogP contribution in [0.5, 0.6) is 0 Å². The number of rotatable bonds is 6. The quantitative estimate of drug-likeness (QED) is 0.601. The summed E-state index contributed by atoms with van der Waals surface area (Å²) < 4.78 is 29.6. The fraction of sp³-hybridized carbons (Fsp3) is 0.556. The molecule has 2 N–H and O–H groups in total. The van der Waals surface area contributed by atoms with Crippen LogP contribution in [0.15, 0.2) is 15.8 Å². The first-order chi connectivity index (χ1) is 8.73. The van der Waals surface area contributed by atoms with E-state index in [2.05, 4.69) is 0 Å². The summed E-state index contributed by atoms with van der Waals surface area (Å²) in [7, 11) is -3.67. The van der Waals surface area contributed by atoms with Crippen molar-refractivity contribution in [2.75, 3.05) is 19.6 Å². The van der Waals surface area contributed by atoms with E-state index in [1.54, 1.807) is 4.98 Å². The predicted octanol–water partition coefficient (Wildman–Crippen LogP) is -1.72. The van der Waals surface area contributed by atoms with Gasteiger partial charge in [0, 0.05) is 7.37 Å². The van der Waals surface area contributed by atoms with Gasteiger partial charge in [-0.1, -0.05) is 0 Å². The van der Waals surface area contributed by atoms with Crippen molar-refractivity contribution >= 4 is 7.37 Å². The summed E-state index contributed by atoms with van der Waals surface area (Å²) in [5.74, 6) is -1.17. The van der Waals surface area contributed by atoms with E-state index in [9.17, 15) is 23.4 Å². The monoisotopic (exact) mass is 295 g/mol. The molecule has 0 bridgehead atoms. The van der Waals surface area contributed by atoms with Crippen LogP contribution in [0.4, 0.5) is 4.39 Å². The molecule has 0 radical (unpaired) electrons. The molecule has 10 heteroatoms. The second-order valence-electron chi connectivity index (χ2n) is 4.00. The minimum Gasteiger partial charge on any atom is -0.798 e. The van der Waals surface area contributed by atoms with E-state index in [1.807, 2.05) is 0 Å². The number of aliphatic hydroxyl groups excluding tert-OH is 1. The molecule has 1 heterocycles. The van der Waals surface area contributed by atoms with Gasteiger partial charge in [0.05, 0.1) is 31.8 Å². The summed E-state index contributed by atoms with van der Waals surface area (Å²) in [6, 6.07) is 0. The number of hydrogen-bond acceptors (Lipinski definition) is 6. The Labute approximate surface area is 106 Å². The molecule has 0 aliphatic rings. The molecule has 1 rings (SSSR count). The number of ether oxygens (including phenoxy) is 1. The van der Waals surface area contributed by atoms with Crippen molar-refractivity contribution in [1.82, 2.24) is 9.55 Å². The van der Waals surface area contributed by atoms with Gasteiger partial charge in [-0.15, -0.1) is 0 Å². The van der Waals surface area contributed by atoms with Crippen LogP contribution < -0.4 is 16.1 Å². The number of nitrogens with zero attached hydrogens (tertiary/aromatic N) is 1. The van der Waals surface area contributed by atoms with Gasteiger partial charge in [-0.25, -0.2) is 4.79 Å². The van der Waals surface area contributed by atoms with Crippen molar-refractivity contribution in [3.05, 3.63) is 32.9 Å². The Morgan fingerprint density at radius 1 is 1.63 bits per heavy atom. The number of hydrogen-bond donors (Lipinski definition) is 2. The van der Waals surface area contributed by atoms with Crippen LogP contribution in [0.1, 0.15) is 0 Å². The highest BCUT2D eigenvalue weighted by molar-refractivity contribution is 7.55. The molecule has 0 aliphatic carbocycles. The largest absolute Gasteiger partial charge is 0.798 e. The van der Waals surface area contributed by atoms with Crippen molar-refractivity contribution in [2.24, 2.45) is 0 Å². The average molecular weight is 295 g/mol. The molecule has 1 aromatic heterocycles. The van der Waals surface area contributed by atoms with Crippen LogP contribution >= 0.6 is 7.37 Å². The third-order valence-corrected chi connectivity index (χ3v) is 2.73. The minimum absolute atomic E-state index is 0.289. The molecular weight excluding hydrogens is 282 g/mol. The van der Waals surface area contributed by atoms with Gasteiger partial charge in [0.25, 0.3) is 5.56 Å². The second-order valence-corrected chi connectivity index (χ2v) is 6.29. The van der Waals surface area contributed by atoms with E-state index in [-0.39, 0.29) is 6.54 Å². The highest BCUT2D eigenvalue weighted by Gasteiger charge is 2.13. The summed E-state index contributed by atoms with van der Waals surface area (Å²) in [6.07, 6.45) is -0.959. The van der Waals surface area contributed by atoms with E-state index >= 15 is 0 Å². The van der Waals surface area contributed by atoms with Crippen LogP contribution in [0.25, 0.3) is 0 Å². The lowest BCUT2D eigenvalue weighted by Gasteiger charge is -2.22. The van der Waals surface area contributed by atoms with Crippen LogP contribution in [0.3, 0.4) is 0 Å². The third-order valence-electron chi connectivity index (χ3n) is 2.12. The number of H-pyrrole nitrogens is 1. The van der Waals surface area contributed by atoms with Crippen molar-refractivity contribution in [3.63, 3.8) is 0 Å². The van der Waals surface area contributed by atoms with Gasteiger partial charge in [0.15, 0.2) is 0 Å². The van der Waals surface area contributed by atoms with Crippen molar-refractivity contribution in [2.45, 2.75) is 12.6 Å². The molecular formula is C9H13FN2O6P-. The summed E-state index contributed by atoms with van der Waals surface area (Å²) in [5, 5.41) is 9.00.